The van der Waals surface area contributed by atoms with Gasteiger partial charge in [-0.1, -0.05) is 15.9 Å². The quantitative estimate of drug-likeness (QED) is 0.569. The van der Waals surface area contributed by atoms with E-state index >= 15 is 0 Å². The van der Waals surface area contributed by atoms with Crippen molar-refractivity contribution >= 4 is 33.5 Å². The van der Waals surface area contributed by atoms with Crippen molar-refractivity contribution in [2.45, 2.75) is 6.92 Å². The van der Waals surface area contributed by atoms with Gasteiger partial charge in [-0.3, -0.25) is 9.59 Å². The molecule has 3 aromatic rings. The maximum atomic E-state index is 12.6. The van der Waals surface area contributed by atoms with Gasteiger partial charge in [0.25, 0.3) is 11.5 Å². The smallest absolute Gasteiger partial charge is 0.338 e. The van der Waals surface area contributed by atoms with Gasteiger partial charge < -0.3 is 15.2 Å². The standard InChI is InChI=1S/C20H16BrN3O5/c1-2-29-20(28)12-3-7-14(8-4-12)22-19(27)18-16(25)11-17(26)24(23-18)15-9-5-13(21)6-10-15/h3-11,25H,2H2,1H3,(H,22,27). The number of rotatable bonds is 5. The normalized spacial score (nSPS) is 10.4. The first-order valence-corrected chi connectivity index (χ1v) is 9.36. The topological polar surface area (TPSA) is 111 Å². The lowest BCUT2D eigenvalue weighted by Crippen LogP contribution is -2.25. The van der Waals surface area contributed by atoms with E-state index in [0.29, 0.717) is 16.9 Å². The highest BCUT2D eigenvalue weighted by atomic mass is 79.9. The summed E-state index contributed by atoms with van der Waals surface area (Å²) in [4.78, 5) is 36.4. The van der Waals surface area contributed by atoms with Crippen LogP contribution >= 0.6 is 15.9 Å². The number of aromatic nitrogens is 2. The van der Waals surface area contributed by atoms with Crippen molar-refractivity contribution in [2.24, 2.45) is 0 Å². The average molecular weight is 458 g/mol. The Balaban J connectivity index is 1.85. The number of esters is 1. The van der Waals surface area contributed by atoms with Crippen molar-refractivity contribution in [3.63, 3.8) is 0 Å². The zero-order valence-electron chi connectivity index (χ0n) is 15.3. The third kappa shape index (κ3) is 4.69. The molecule has 1 heterocycles. The first-order valence-electron chi connectivity index (χ1n) is 8.57. The molecule has 1 amide bonds. The van der Waals surface area contributed by atoms with Gasteiger partial charge in [-0.25, -0.2) is 4.79 Å². The highest BCUT2D eigenvalue weighted by molar-refractivity contribution is 9.10. The minimum Gasteiger partial charge on any atom is -0.505 e. The summed E-state index contributed by atoms with van der Waals surface area (Å²) in [7, 11) is 0. The molecule has 0 radical (unpaired) electrons. The summed E-state index contributed by atoms with van der Waals surface area (Å²) < 4.78 is 6.74. The summed E-state index contributed by atoms with van der Waals surface area (Å²) in [6.07, 6.45) is 0. The Kier molecular flexibility index (Phi) is 6.08. The van der Waals surface area contributed by atoms with E-state index < -0.39 is 23.2 Å². The lowest BCUT2D eigenvalue weighted by Gasteiger charge is -2.10. The second kappa shape index (κ2) is 8.70. The van der Waals surface area contributed by atoms with E-state index in [4.69, 9.17) is 4.74 Å². The molecule has 0 unspecified atom stereocenters. The predicted molar refractivity (Wildman–Crippen MR) is 110 cm³/mol. The largest absolute Gasteiger partial charge is 0.505 e. The fourth-order valence-electron chi connectivity index (χ4n) is 2.47. The monoisotopic (exact) mass is 457 g/mol. The molecule has 0 atom stereocenters. The fraction of sp³-hybridized carbons (Fsp3) is 0.100. The summed E-state index contributed by atoms with van der Waals surface area (Å²) in [5.41, 5.74) is 0.258. The number of carbonyl (C=O) groups is 2. The Bertz CT molecular complexity index is 1110. The number of halogens is 1. The number of amides is 1. The minimum absolute atomic E-state index is 0.260. The van der Waals surface area contributed by atoms with Crippen LogP contribution in [0.3, 0.4) is 0 Å². The van der Waals surface area contributed by atoms with Crippen LogP contribution < -0.4 is 10.9 Å². The highest BCUT2D eigenvalue weighted by Gasteiger charge is 2.17. The molecule has 2 aromatic carbocycles. The van der Waals surface area contributed by atoms with Crippen LogP contribution in [0.15, 0.2) is 63.9 Å². The van der Waals surface area contributed by atoms with Crippen LogP contribution in [-0.4, -0.2) is 33.4 Å². The van der Waals surface area contributed by atoms with Crippen LogP contribution in [-0.2, 0) is 4.74 Å². The summed E-state index contributed by atoms with van der Waals surface area (Å²) in [6.45, 7) is 1.97. The first kappa shape index (κ1) is 20.3. The molecule has 0 aliphatic heterocycles. The number of nitrogens with one attached hydrogen (secondary N) is 1. The zero-order valence-corrected chi connectivity index (χ0v) is 16.8. The number of hydrogen-bond donors (Lipinski definition) is 2. The average Bonchev–Trinajstić information content (AvgIpc) is 2.69. The van der Waals surface area contributed by atoms with Crippen molar-refractivity contribution in [1.82, 2.24) is 9.78 Å². The Hall–Kier alpha value is -3.46. The molecule has 2 N–H and O–H groups in total. The molecular weight excluding hydrogens is 442 g/mol. The SMILES string of the molecule is CCOC(=O)c1ccc(NC(=O)c2nn(-c3ccc(Br)cc3)c(=O)cc2O)cc1. The van der Waals surface area contributed by atoms with E-state index in [1.807, 2.05) is 0 Å². The van der Waals surface area contributed by atoms with Crippen molar-refractivity contribution in [2.75, 3.05) is 11.9 Å². The van der Waals surface area contributed by atoms with Gasteiger partial charge in [0, 0.05) is 16.2 Å². The van der Waals surface area contributed by atoms with Crippen LogP contribution in [0.1, 0.15) is 27.8 Å². The molecule has 0 saturated heterocycles. The number of anilines is 1. The van der Waals surface area contributed by atoms with Crippen LogP contribution in [0, 0.1) is 0 Å². The summed E-state index contributed by atoms with van der Waals surface area (Å²) >= 11 is 3.30. The molecule has 3 rings (SSSR count). The lowest BCUT2D eigenvalue weighted by atomic mass is 10.2. The summed E-state index contributed by atoms with van der Waals surface area (Å²) in [5.74, 6) is -1.72. The molecule has 0 spiro atoms. The molecule has 29 heavy (non-hydrogen) atoms. The number of hydrogen-bond acceptors (Lipinski definition) is 6. The van der Waals surface area contributed by atoms with Crippen molar-refractivity contribution in [3.05, 3.63) is 80.7 Å². The number of benzene rings is 2. The van der Waals surface area contributed by atoms with Gasteiger partial charge in [0.05, 0.1) is 17.9 Å². The maximum Gasteiger partial charge on any atom is 0.338 e. The fourth-order valence-corrected chi connectivity index (χ4v) is 2.73. The second-order valence-corrected chi connectivity index (χ2v) is 6.77. The van der Waals surface area contributed by atoms with Gasteiger partial charge in [0.2, 0.25) is 0 Å². The number of aromatic hydroxyl groups is 1. The van der Waals surface area contributed by atoms with Crippen molar-refractivity contribution in [1.29, 1.82) is 0 Å². The van der Waals surface area contributed by atoms with Gasteiger partial charge in [-0.15, -0.1) is 0 Å². The molecule has 148 valence electrons. The second-order valence-electron chi connectivity index (χ2n) is 5.86. The van der Waals surface area contributed by atoms with Crippen LogP contribution in [0.5, 0.6) is 5.75 Å². The first-order chi connectivity index (χ1) is 13.9. The third-order valence-electron chi connectivity index (χ3n) is 3.85. The van der Waals surface area contributed by atoms with Gasteiger partial charge in [-0.2, -0.15) is 9.78 Å². The zero-order chi connectivity index (χ0) is 21.0. The Morgan fingerprint density at radius 3 is 2.41 bits per heavy atom. The van der Waals surface area contributed by atoms with Gasteiger partial charge in [0.1, 0.15) is 0 Å². The van der Waals surface area contributed by atoms with E-state index in [9.17, 15) is 19.5 Å². The summed E-state index contributed by atoms with van der Waals surface area (Å²) in [6, 6.07) is 13.7. The molecule has 8 nitrogen and oxygen atoms in total. The van der Waals surface area contributed by atoms with Gasteiger partial charge >= 0.3 is 5.97 Å². The Morgan fingerprint density at radius 1 is 1.14 bits per heavy atom. The highest BCUT2D eigenvalue weighted by Crippen LogP contribution is 2.17. The number of ether oxygens (including phenoxy) is 1. The van der Waals surface area contributed by atoms with Crippen LogP contribution in [0.25, 0.3) is 5.69 Å². The molecule has 0 saturated carbocycles. The van der Waals surface area contributed by atoms with E-state index in [2.05, 4.69) is 26.3 Å². The van der Waals surface area contributed by atoms with Crippen LogP contribution in [0.2, 0.25) is 0 Å². The van der Waals surface area contributed by atoms with Crippen LogP contribution in [0.4, 0.5) is 5.69 Å². The molecule has 0 aliphatic rings. The number of carbonyl (C=O) groups excluding carboxylic acids is 2. The Labute approximate surface area is 173 Å². The molecule has 0 aliphatic carbocycles. The molecular formula is C20H16BrN3O5. The lowest BCUT2D eigenvalue weighted by molar-refractivity contribution is 0.0526. The predicted octanol–water partition coefficient (Wildman–Crippen LogP) is 3.13. The number of nitrogens with zero attached hydrogens (tertiary/aromatic N) is 2. The van der Waals surface area contributed by atoms with E-state index in [0.717, 1.165) is 15.2 Å². The molecule has 9 heteroatoms. The minimum atomic E-state index is -0.711. The molecule has 0 bridgehead atoms. The van der Waals surface area contributed by atoms with Gasteiger partial charge in [-0.05, 0) is 55.5 Å². The van der Waals surface area contributed by atoms with Crippen molar-refractivity contribution < 1.29 is 19.4 Å². The van der Waals surface area contributed by atoms with E-state index in [1.165, 1.54) is 24.3 Å². The molecule has 1 aromatic heterocycles. The third-order valence-corrected chi connectivity index (χ3v) is 4.38. The maximum absolute atomic E-state index is 12.6. The van der Waals surface area contributed by atoms with Gasteiger partial charge in [0.15, 0.2) is 11.4 Å². The summed E-state index contributed by atoms with van der Waals surface area (Å²) in [5, 5.41) is 16.6. The molecule has 0 fully saturated rings. The van der Waals surface area contributed by atoms with Crippen molar-refractivity contribution in [3.8, 4) is 11.4 Å². The van der Waals surface area contributed by atoms with E-state index in [-0.39, 0.29) is 12.3 Å². The Morgan fingerprint density at radius 2 is 1.79 bits per heavy atom. The van der Waals surface area contributed by atoms with E-state index in [1.54, 1.807) is 31.2 Å².